The Hall–Kier alpha value is -2.33. The molecule has 4 heteroatoms. The predicted molar refractivity (Wildman–Crippen MR) is 92.0 cm³/mol. The van der Waals surface area contributed by atoms with Crippen molar-refractivity contribution in [2.75, 3.05) is 0 Å². The van der Waals surface area contributed by atoms with E-state index in [4.69, 9.17) is 9.94 Å². The maximum Gasteiger partial charge on any atom is 0.343 e. The van der Waals surface area contributed by atoms with E-state index in [1.165, 1.54) is 0 Å². The molecule has 0 atom stereocenters. The topological polar surface area (TPSA) is 58.6 Å². The van der Waals surface area contributed by atoms with E-state index in [9.17, 15) is 4.79 Å². The van der Waals surface area contributed by atoms with Gasteiger partial charge in [-0.2, -0.15) is 0 Å². The smallest absolute Gasteiger partial charge is 0.343 e. The Morgan fingerprint density at radius 1 is 1.35 bits per heavy atom. The number of rotatable bonds is 7. The third-order valence-corrected chi connectivity index (χ3v) is 3.53. The molecule has 0 aliphatic carbocycles. The molecule has 4 nitrogen and oxygen atoms in total. The molecule has 0 amide bonds. The molecule has 0 bridgehead atoms. The lowest BCUT2D eigenvalue weighted by atomic mass is 10.0. The first-order valence-electron chi connectivity index (χ1n) is 7.71. The zero-order valence-electron chi connectivity index (χ0n) is 14.2. The van der Waals surface area contributed by atoms with Gasteiger partial charge in [0, 0.05) is 0 Å². The van der Waals surface area contributed by atoms with Crippen LogP contribution in [-0.2, 0) is 11.2 Å². The summed E-state index contributed by atoms with van der Waals surface area (Å²) in [5.41, 5.74) is 4.64. The second kappa shape index (κ2) is 8.96. The van der Waals surface area contributed by atoms with Crippen molar-refractivity contribution >= 4 is 5.97 Å². The van der Waals surface area contributed by atoms with Gasteiger partial charge in [-0.15, -0.1) is 0 Å². The van der Waals surface area contributed by atoms with Crippen molar-refractivity contribution in [1.82, 2.24) is 5.48 Å². The van der Waals surface area contributed by atoms with Crippen molar-refractivity contribution < 1.29 is 14.7 Å². The second-order valence-corrected chi connectivity index (χ2v) is 5.48. The summed E-state index contributed by atoms with van der Waals surface area (Å²) in [7, 11) is 0. The van der Waals surface area contributed by atoms with Crippen LogP contribution in [0.25, 0.3) is 0 Å². The molecule has 0 aliphatic heterocycles. The Labute approximate surface area is 138 Å². The van der Waals surface area contributed by atoms with Crippen molar-refractivity contribution in [3.8, 4) is 0 Å². The van der Waals surface area contributed by atoms with Gasteiger partial charge in [-0.25, -0.2) is 4.79 Å². The predicted octanol–water partition coefficient (Wildman–Crippen LogP) is 4.38. The highest BCUT2D eigenvalue weighted by molar-refractivity contribution is 5.90. The molecule has 0 aliphatic rings. The number of carbonyl (C=O) groups excluding carboxylic acids is 1. The summed E-state index contributed by atoms with van der Waals surface area (Å²) in [4.78, 5) is 12.3. The Balaban J connectivity index is 3.03. The number of hydroxylamine groups is 1. The highest BCUT2D eigenvalue weighted by Crippen LogP contribution is 2.18. The van der Waals surface area contributed by atoms with Crippen molar-refractivity contribution in [1.29, 1.82) is 0 Å². The quantitative estimate of drug-likeness (QED) is 0.339. The third kappa shape index (κ3) is 5.42. The molecule has 0 unspecified atom stereocenters. The van der Waals surface area contributed by atoms with Crippen LogP contribution in [0.3, 0.4) is 0 Å². The maximum atomic E-state index is 12.3. The third-order valence-electron chi connectivity index (χ3n) is 3.53. The van der Waals surface area contributed by atoms with Crippen molar-refractivity contribution in [3.05, 3.63) is 71.2 Å². The van der Waals surface area contributed by atoms with Gasteiger partial charge in [-0.3, -0.25) is 10.7 Å². The number of nitrogens with one attached hydrogen (secondary N) is 1. The van der Waals surface area contributed by atoms with Gasteiger partial charge in [0.25, 0.3) is 0 Å². The molecule has 1 aromatic rings. The molecule has 0 fully saturated rings. The Morgan fingerprint density at radius 2 is 1.96 bits per heavy atom. The summed E-state index contributed by atoms with van der Waals surface area (Å²) in [6.07, 6.45) is 4.54. The fraction of sp³-hybridized carbons (Fsp3) is 0.316. The number of hydrogen-bond acceptors (Lipinski definition) is 4. The van der Waals surface area contributed by atoms with Crippen molar-refractivity contribution in [2.24, 2.45) is 5.92 Å². The van der Waals surface area contributed by atoms with Gasteiger partial charge >= 0.3 is 5.97 Å². The Kier molecular flexibility index (Phi) is 7.29. The maximum absolute atomic E-state index is 12.3. The summed E-state index contributed by atoms with van der Waals surface area (Å²) >= 11 is 0. The van der Waals surface area contributed by atoms with Crippen LogP contribution in [0.2, 0.25) is 0 Å². The van der Waals surface area contributed by atoms with E-state index in [0.717, 1.165) is 17.6 Å². The summed E-state index contributed by atoms with van der Waals surface area (Å²) < 4.78 is 5.40. The van der Waals surface area contributed by atoms with Gasteiger partial charge < -0.3 is 4.74 Å². The summed E-state index contributed by atoms with van der Waals surface area (Å²) in [5.74, 6) is -0.0441. The van der Waals surface area contributed by atoms with Gasteiger partial charge in [0.05, 0.1) is 11.3 Å². The molecular weight excluding hydrogens is 290 g/mol. The molecule has 2 N–H and O–H groups in total. The molecule has 0 aromatic heterocycles. The van der Waals surface area contributed by atoms with Gasteiger partial charge in [0.15, 0.2) is 5.76 Å². The van der Waals surface area contributed by atoms with Gasteiger partial charge in [0.1, 0.15) is 0 Å². The lowest BCUT2D eigenvalue weighted by molar-refractivity contribution is 0.0617. The highest BCUT2D eigenvalue weighted by Gasteiger charge is 2.14. The molecule has 0 radical (unpaired) electrons. The van der Waals surface area contributed by atoms with E-state index in [2.05, 4.69) is 13.5 Å². The molecule has 1 aromatic carbocycles. The minimum atomic E-state index is -0.491. The Morgan fingerprint density at radius 3 is 2.39 bits per heavy atom. The molecule has 124 valence electrons. The first-order valence-corrected chi connectivity index (χ1v) is 7.71. The summed E-state index contributed by atoms with van der Waals surface area (Å²) in [6, 6.07) is 7.25. The standard InChI is InChI=1S/C19H25NO3/c1-6-15-8-10-17(11-9-15)19(21)23-18(14(5)20-22)12-16(7-2)13(3)4/h7-13,20,22H,5-6H2,1-4H3/b16-7+,18-12+. The van der Waals surface area contributed by atoms with Crippen molar-refractivity contribution in [3.63, 3.8) is 0 Å². The fourth-order valence-corrected chi connectivity index (χ4v) is 2.00. The van der Waals surface area contributed by atoms with E-state index < -0.39 is 5.97 Å². The highest BCUT2D eigenvalue weighted by atomic mass is 16.5. The first-order chi connectivity index (χ1) is 10.9. The van der Waals surface area contributed by atoms with Crippen LogP contribution in [-0.4, -0.2) is 11.2 Å². The van der Waals surface area contributed by atoms with Gasteiger partial charge in [-0.05, 0) is 48.6 Å². The number of benzene rings is 1. The van der Waals surface area contributed by atoms with E-state index in [1.807, 2.05) is 44.5 Å². The van der Waals surface area contributed by atoms with Gasteiger partial charge in [-0.1, -0.05) is 45.6 Å². The largest absolute Gasteiger partial charge is 0.421 e. The minimum Gasteiger partial charge on any atom is -0.421 e. The van der Waals surface area contributed by atoms with Crippen LogP contribution in [0.4, 0.5) is 0 Å². The van der Waals surface area contributed by atoms with Crippen LogP contribution in [0, 0.1) is 5.92 Å². The number of carbonyl (C=O) groups is 1. The Bertz CT molecular complexity index is 610. The SMILES string of the molecule is C=C(NO)/C(=C\C(=C/C)C(C)C)OC(=O)c1ccc(CC)cc1. The van der Waals surface area contributed by atoms with Crippen LogP contribution in [0.15, 0.2) is 60.0 Å². The second-order valence-electron chi connectivity index (χ2n) is 5.48. The van der Waals surface area contributed by atoms with E-state index in [0.29, 0.717) is 5.56 Å². The zero-order chi connectivity index (χ0) is 17.4. The number of aryl methyl sites for hydroxylation is 1. The van der Waals surface area contributed by atoms with Crippen LogP contribution < -0.4 is 5.48 Å². The van der Waals surface area contributed by atoms with Gasteiger partial charge in [0.2, 0.25) is 0 Å². The molecule has 0 spiro atoms. The summed E-state index contributed by atoms with van der Waals surface area (Å²) in [6.45, 7) is 11.7. The molecule has 0 saturated heterocycles. The monoisotopic (exact) mass is 315 g/mol. The number of ether oxygens (including phenoxy) is 1. The van der Waals surface area contributed by atoms with Crippen LogP contribution >= 0.6 is 0 Å². The lowest BCUT2D eigenvalue weighted by Crippen LogP contribution is -2.14. The van der Waals surface area contributed by atoms with Crippen LogP contribution in [0.5, 0.6) is 0 Å². The minimum absolute atomic E-state index is 0.128. The summed E-state index contributed by atoms with van der Waals surface area (Å²) in [5, 5.41) is 9.08. The molecule has 1 rings (SSSR count). The first kappa shape index (κ1) is 18.7. The van der Waals surface area contributed by atoms with Crippen molar-refractivity contribution in [2.45, 2.75) is 34.1 Å². The zero-order valence-corrected chi connectivity index (χ0v) is 14.2. The molecular formula is C19H25NO3. The molecule has 0 heterocycles. The van der Waals surface area contributed by atoms with E-state index in [-0.39, 0.29) is 17.4 Å². The normalized spacial score (nSPS) is 12.3. The fourth-order valence-electron chi connectivity index (χ4n) is 2.00. The van der Waals surface area contributed by atoms with E-state index in [1.54, 1.807) is 18.2 Å². The average molecular weight is 315 g/mol. The molecule has 23 heavy (non-hydrogen) atoms. The average Bonchev–Trinajstić information content (AvgIpc) is 2.57. The number of hydrogen-bond donors (Lipinski definition) is 2. The number of esters is 1. The van der Waals surface area contributed by atoms with E-state index >= 15 is 0 Å². The lowest BCUT2D eigenvalue weighted by Gasteiger charge is -2.13. The van der Waals surface area contributed by atoms with Crippen LogP contribution in [0.1, 0.15) is 43.6 Å². The number of allylic oxidation sites excluding steroid dienone is 3. The molecule has 0 saturated carbocycles.